The van der Waals surface area contributed by atoms with E-state index in [2.05, 4.69) is 42.0 Å². The van der Waals surface area contributed by atoms with E-state index in [1.807, 2.05) is 0 Å². The zero-order valence-corrected chi connectivity index (χ0v) is 14.5. The SMILES string of the molecule is CCN1CCN(c2cnnc(Nc3ccc(C(=O)OC)cc3)n2)CC1. The molecule has 0 saturated carbocycles. The summed E-state index contributed by atoms with van der Waals surface area (Å²) in [7, 11) is 1.36. The van der Waals surface area contributed by atoms with E-state index in [1.54, 1.807) is 30.5 Å². The van der Waals surface area contributed by atoms with Crippen LogP contribution in [0.15, 0.2) is 30.5 Å². The van der Waals surface area contributed by atoms with Crippen molar-refractivity contribution in [1.82, 2.24) is 20.1 Å². The van der Waals surface area contributed by atoms with Gasteiger partial charge in [-0.3, -0.25) is 0 Å². The number of benzene rings is 1. The van der Waals surface area contributed by atoms with Gasteiger partial charge in [-0.2, -0.15) is 10.1 Å². The van der Waals surface area contributed by atoms with Crippen molar-refractivity contribution in [1.29, 1.82) is 0 Å². The molecule has 1 aliphatic rings. The minimum absolute atomic E-state index is 0.363. The number of piperazine rings is 1. The summed E-state index contributed by atoms with van der Waals surface area (Å²) in [6.45, 7) is 7.16. The number of aromatic nitrogens is 3. The van der Waals surface area contributed by atoms with Crippen LogP contribution in [0.1, 0.15) is 17.3 Å². The first-order valence-corrected chi connectivity index (χ1v) is 8.32. The predicted octanol–water partition coefficient (Wildman–Crippen LogP) is 1.54. The zero-order chi connectivity index (χ0) is 17.6. The molecule has 132 valence electrons. The van der Waals surface area contributed by atoms with Crippen molar-refractivity contribution >= 4 is 23.4 Å². The van der Waals surface area contributed by atoms with Crippen molar-refractivity contribution in [2.24, 2.45) is 0 Å². The lowest BCUT2D eigenvalue weighted by Crippen LogP contribution is -2.46. The fourth-order valence-corrected chi connectivity index (χ4v) is 2.73. The van der Waals surface area contributed by atoms with E-state index >= 15 is 0 Å². The maximum Gasteiger partial charge on any atom is 0.337 e. The van der Waals surface area contributed by atoms with Gasteiger partial charge in [0.05, 0.1) is 18.9 Å². The Kier molecular flexibility index (Phi) is 5.39. The van der Waals surface area contributed by atoms with Gasteiger partial charge in [0.1, 0.15) is 0 Å². The second-order valence-electron chi connectivity index (χ2n) is 5.75. The molecule has 8 heteroatoms. The van der Waals surface area contributed by atoms with Gasteiger partial charge in [0, 0.05) is 31.9 Å². The Morgan fingerprint density at radius 2 is 1.92 bits per heavy atom. The molecule has 1 aromatic heterocycles. The topological polar surface area (TPSA) is 83.5 Å². The Morgan fingerprint density at radius 1 is 1.20 bits per heavy atom. The molecule has 8 nitrogen and oxygen atoms in total. The summed E-state index contributed by atoms with van der Waals surface area (Å²) >= 11 is 0. The van der Waals surface area contributed by atoms with Crippen LogP contribution >= 0.6 is 0 Å². The fraction of sp³-hybridized carbons (Fsp3) is 0.412. The Hall–Kier alpha value is -2.74. The van der Waals surface area contributed by atoms with Crippen LogP contribution in [0.25, 0.3) is 0 Å². The number of hydrogen-bond acceptors (Lipinski definition) is 8. The Balaban J connectivity index is 1.66. The standard InChI is InChI=1S/C17H22N6O2/c1-3-22-8-10-23(11-9-22)15-12-18-21-17(20-15)19-14-6-4-13(5-7-14)16(24)25-2/h4-7,12H,3,8-11H2,1-2H3,(H,19,20,21). The fourth-order valence-electron chi connectivity index (χ4n) is 2.73. The highest BCUT2D eigenvalue weighted by molar-refractivity contribution is 5.89. The van der Waals surface area contributed by atoms with E-state index in [1.165, 1.54) is 7.11 Å². The average molecular weight is 342 g/mol. The van der Waals surface area contributed by atoms with Crippen LogP contribution in [0.2, 0.25) is 0 Å². The molecule has 0 aliphatic carbocycles. The number of likely N-dealkylation sites (N-methyl/N-ethyl adjacent to an activating group) is 1. The van der Waals surface area contributed by atoms with Gasteiger partial charge in [0.2, 0.25) is 5.95 Å². The van der Waals surface area contributed by atoms with E-state index in [-0.39, 0.29) is 5.97 Å². The number of rotatable bonds is 5. The lowest BCUT2D eigenvalue weighted by Gasteiger charge is -2.34. The lowest BCUT2D eigenvalue weighted by atomic mass is 10.2. The zero-order valence-electron chi connectivity index (χ0n) is 14.5. The van der Waals surface area contributed by atoms with Crippen LogP contribution in [0, 0.1) is 0 Å². The second-order valence-corrected chi connectivity index (χ2v) is 5.75. The number of carbonyl (C=O) groups is 1. The minimum atomic E-state index is -0.363. The van der Waals surface area contributed by atoms with E-state index in [4.69, 9.17) is 0 Å². The van der Waals surface area contributed by atoms with E-state index in [0.29, 0.717) is 11.5 Å². The highest BCUT2D eigenvalue weighted by Gasteiger charge is 2.17. The largest absolute Gasteiger partial charge is 0.465 e. The highest BCUT2D eigenvalue weighted by atomic mass is 16.5. The number of nitrogens with zero attached hydrogens (tertiary/aromatic N) is 5. The number of ether oxygens (including phenoxy) is 1. The molecule has 2 heterocycles. The normalized spacial score (nSPS) is 15.0. The van der Waals surface area contributed by atoms with Crippen LogP contribution in [0.4, 0.5) is 17.5 Å². The summed E-state index contributed by atoms with van der Waals surface area (Å²) in [6.07, 6.45) is 1.69. The van der Waals surface area contributed by atoms with Crippen LogP contribution in [0.3, 0.4) is 0 Å². The molecule has 2 aromatic rings. The summed E-state index contributed by atoms with van der Waals surface area (Å²) in [6, 6.07) is 6.94. The van der Waals surface area contributed by atoms with Crippen LogP contribution in [-0.4, -0.2) is 65.9 Å². The maximum absolute atomic E-state index is 11.5. The molecule has 25 heavy (non-hydrogen) atoms. The Bertz CT molecular complexity index is 713. The molecule has 0 amide bonds. The summed E-state index contributed by atoms with van der Waals surface area (Å²) in [4.78, 5) is 20.6. The molecular weight excluding hydrogens is 320 g/mol. The number of methoxy groups -OCH3 is 1. The monoisotopic (exact) mass is 342 g/mol. The first-order valence-electron chi connectivity index (χ1n) is 8.32. The first-order chi connectivity index (χ1) is 12.2. The number of hydrogen-bond donors (Lipinski definition) is 1. The van der Waals surface area contributed by atoms with Crippen molar-refractivity contribution in [2.45, 2.75) is 6.92 Å². The van der Waals surface area contributed by atoms with Gasteiger partial charge in [0.25, 0.3) is 0 Å². The molecule has 1 aromatic carbocycles. The first kappa shape index (κ1) is 17.1. The molecule has 0 unspecified atom stereocenters. The van der Waals surface area contributed by atoms with E-state index in [9.17, 15) is 4.79 Å². The molecule has 0 bridgehead atoms. The van der Waals surface area contributed by atoms with Gasteiger partial charge in [-0.25, -0.2) is 4.79 Å². The van der Waals surface area contributed by atoms with Crippen molar-refractivity contribution in [3.05, 3.63) is 36.0 Å². The number of nitrogens with one attached hydrogen (secondary N) is 1. The van der Waals surface area contributed by atoms with Crippen LogP contribution < -0.4 is 10.2 Å². The molecule has 0 spiro atoms. The van der Waals surface area contributed by atoms with Crippen molar-refractivity contribution in [3.8, 4) is 0 Å². The summed E-state index contributed by atoms with van der Waals surface area (Å²) in [5.74, 6) is 0.887. The molecule has 1 aliphatic heterocycles. The van der Waals surface area contributed by atoms with Gasteiger partial charge in [0.15, 0.2) is 5.82 Å². The summed E-state index contributed by atoms with van der Waals surface area (Å²) < 4.78 is 4.69. The summed E-state index contributed by atoms with van der Waals surface area (Å²) in [5.41, 5.74) is 1.28. The van der Waals surface area contributed by atoms with E-state index < -0.39 is 0 Å². The van der Waals surface area contributed by atoms with Gasteiger partial charge in [-0.15, -0.1) is 5.10 Å². The molecule has 3 rings (SSSR count). The van der Waals surface area contributed by atoms with Crippen molar-refractivity contribution < 1.29 is 9.53 Å². The van der Waals surface area contributed by atoms with Crippen LogP contribution in [0.5, 0.6) is 0 Å². The number of anilines is 3. The van der Waals surface area contributed by atoms with E-state index in [0.717, 1.165) is 44.2 Å². The van der Waals surface area contributed by atoms with Gasteiger partial charge in [-0.1, -0.05) is 6.92 Å². The minimum Gasteiger partial charge on any atom is -0.465 e. The molecular formula is C17H22N6O2. The van der Waals surface area contributed by atoms with Crippen molar-refractivity contribution in [3.63, 3.8) is 0 Å². The Morgan fingerprint density at radius 3 is 2.56 bits per heavy atom. The molecule has 1 fully saturated rings. The van der Waals surface area contributed by atoms with Gasteiger partial charge >= 0.3 is 5.97 Å². The summed E-state index contributed by atoms with van der Waals surface area (Å²) in [5, 5.41) is 11.2. The van der Waals surface area contributed by atoms with Crippen molar-refractivity contribution in [2.75, 3.05) is 50.1 Å². The third-order valence-corrected chi connectivity index (χ3v) is 4.25. The second kappa shape index (κ2) is 7.89. The smallest absolute Gasteiger partial charge is 0.337 e. The lowest BCUT2D eigenvalue weighted by molar-refractivity contribution is 0.0601. The van der Waals surface area contributed by atoms with Gasteiger partial charge < -0.3 is 19.9 Å². The molecule has 1 saturated heterocycles. The quantitative estimate of drug-likeness (QED) is 0.820. The molecule has 1 N–H and O–H groups in total. The molecule has 0 radical (unpaired) electrons. The highest BCUT2D eigenvalue weighted by Crippen LogP contribution is 2.17. The predicted molar refractivity (Wildman–Crippen MR) is 95.2 cm³/mol. The average Bonchev–Trinajstić information content (AvgIpc) is 2.68. The van der Waals surface area contributed by atoms with Crippen LogP contribution in [-0.2, 0) is 4.74 Å². The molecule has 0 atom stereocenters. The third kappa shape index (κ3) is 4.21. The Labute approximate surface area is 146 Å². The number of carbonyl (C=O) groups excluding carboxylic acids is 1. The number of esters is 1. The third-order valence-electron chi connectivity index (χ3n) is 4.25. The maximum atomic E-state index is 11.5. The van der Waals surface area contributed by atoms with Gasteiger partial charge in [-0.05, 0) is 30.8 Å².